The van der Waals surface area contributed by atoms with Crippen LogP contribution in [0.5, 0.6) is 0 Å². The predicted molar refractivity (Wildman–Crippen MR) is 127 cm³/mol. The summed E-state index contributed by atoms with van der Waals surface area (Å²) in [7, 11) is 0. The van der Waals surface area contributed by atoms with Gasteiger partial charge in [-0.05, 0) is 62.9 Å². The van der Waals surface area contributed by atoms with Crippen LogP contribution in [0, 0.1) is 27.7 Å². The number of anilines is 2. The van der Waals surface area contributed by atoms with E-state index in [1.165, 1.54) is 16.8 Å². The largest absolute Gasteiger partial charge is 0.369 e. The van der Waals surface area contributed by atoms with Crippen molar-refractivity contribution in [1.82, 2.24) is 10.2 Å². The highest BCUT2D eigenvalue weighted by Gasteiger charge is 2.26. The van der Waals surface area contributed by atoms with E-state index in [4.69, 9.17) is 0 Å². The Morgan fingerprint density at radius 2 is 1.48 bits per heavy atom. The minimum absolute atomic E-state index is 0.0284. The van der Waals surface area contributed by atoms with Crippen LogP contribution in [-0.2, 0) is 9.59 Å². The quantitative estimate of drug-likeness (QED) is 0.751. The molecule has 2 aromatic carbocycles. The van der Waals surface area contributed by atoms with Gasteiger partial charge in [-0.2, -0.15) is 0 Å². The smallest absolute Gasteiger partial charge is 0.243 e. The van der Waals surface area contributed by atoms with Crippen LogP contribution < -0.4 is 15.5 Å². The number of hydrogen-bond donors (Lipinski definition) is 2. The van der Waals surface area contributed by atoms with Crippen molar-refractivity contribution in [2.45, 2.75) is 40.7 Å². The maximum atomic E-state index is 12.6. The third kappa shape index (κ3) is 5.44. The summed E-state index contributed by atoms with van der Waals surface area (Å²) in [6.07, 6.45) is 0. The van der Waals surface area contributed by atoms with E-state index >= 15 is 0 Å². The van der Waals surface area contributed by atoms with Crippen molar-refractivity contribution in [3.8, 4) is 0 Å². The number of aryl methyl sites for hydroxylation is 3. The third-order valence-corrected chi connectivity index (χ3v) is 6.33. The molecular formula is C25H34N4O2. The molecule has 0 aromatic heterocycles. The number of piperazine rings is 1. The lowest BCUT2D eigenvalue weighted by Crippen LogP contribution is -2.54. The number of carbonyl (C=O) groups excluding carboxylic acids is 2. The van der Waals surface area contributed by atoms with Crippen LogP contribution in [0.3, 0.4) is 0 Å². The Bertz CT molecular complexity index is 928. The fraction of sp³-hybridized carbons (Fsp3) is 0.440. The molecular weight excluding hydrogens is 388 g/mol. The van der Waals surface area contributed by atoms with Gasteiger partial charge in [-0.25, -0.2) is 0 Å². The lowest BCUT2D eigenvalue weighted by Gasteiger charge is -2.39. The third-order valence-electron chi connectivity index (χ3n) is 6.33. The molecule has 2 aromatic rings. The highest BCUT2D eigenvalue weighted by Crippen LogP contribution is 2.24. The van der Waals surface area contributed by atoms with Gasteiger partial charge in [0.05, 0.1) is 12.6 Å². The topological polar surface area (TPSA) is 64.7 Å². The Kier molecular flexibility index (Phi) is 7.33. The molecule has 0 bridgehead atoms. The van der Waals surface area contributed by atoms with Gasteiger partial charge in [0, 0.05) is 37.6 Å². The molecule has 1 aliphatic rings. The highest BCUT2D eigenvalue weighted by atomic mass is 16.2. The zero-order valence-corrected chi connectivity index (χ0v) is 19.3. The van der Waals surface area contributed by atoms with Crippen molar-refractivity contribution < 1.29 is 9.59 Å². The summed E-state index contributed by atoms with van der Waals surface area (Å²) < 4.78 is 0. The molecule has 3 rings (SSSR count). The predicted octanol–water partition coefficient (Wildman–Crippen LogP) is 3.19. The van der Waals surface area contributed by atoms with Gasteiger partial charge in [0.15, 0.2) is 0 Å². The van der Waals surface area contributed by atoms with Crippen LogP contribution in [0.15, 0.2) is 36.4 Å². The summed E-state index contributed by atoms with van der Waals surface area (Å²) in [4.78, 5) is 29.5. The van der Waals surface area contributed by atoms with E-state index in [2.05, 4.69) is 52.5 Å². The second-order valence-electron chi connectivity index (χ2n) is 8.45. The van der Waals surface area contributed by atoms with E-state index in [9.17, 15) is 9.59 Å². The first kappa shape index (κ1) is 22.8. The van der Waals surface area contributed by atoms with Gasteiger partial charge in [0.1, 0.15) is 0 Å². The minimum atomic E-state index is -0.270. The summed E-state index contributed by atoms with van der Waals surface area (Å²) in [5, 5.41) is 5.70. The van der Waals surface area contributed by atoms with E-state index in [-0.39, 0.29) is 24.4 Å². The summed E-state index contributed by atoms with van der Waals surface area (Å²) in [5.74, 6) is -0.325. The van der Waals surface area contributed by atoms with E-state index < -0.39 is 0 Å². The van der Waals surface area contributed by atoms with Gasteiger partial charge < -0.3 is 15.5 Å². The summed E-state index contributed by atoms with van der Waals surface area (Å²) in [6, 6.07) is 12.0. The fourth-order valence-corrected chi connectivity index (χ4v) is 4.10. The van der Waals surface area contributed by atoms with Crippen LogP contribution in [0.25, 0.3) is 0 Å². The van der Waals surface area contributed by atoms with Crippen molar-refractivity contribution in [1.29, 1.82) is 0 Å². The molecule has 0 spiro atoms. The fourth-order valence-electron chi connectivity index (χ4n) is 4.10. The molecule has 166 valence electrons. The van der Waals surface area contributed by atoms with Gasteiger partial charge >= 0.3 is 0 Å². The number of hydrogen-bond acceptors (Lipinski definition) is 4. The normalized spacial score (nSPS) is 15.5. The average Bonchev–Trinajstić information content (AvgIpc) is 2.76. The molecule has 1 fully saturated rings. The van der Waals surface area contributed by atoms with Crippen molar-refractivity contribution in [2.75, 3.05) is 42.9 Å². The molecule has 0 radical (unpaired) electrons. The maximum absolute atomic E-state index is 12.6. The molecule has 0 unspecified atom stereocenters. The zero-order chi connectivity index (χ0) is 22.5. The van der Waals surface area contributed by atoms with Gasteiger partial charge in [0.25, 0.3) is 0 Å². The first-order valence-corrected chi connectivity index (χ1v) is 11.0. The van der Waals surface area contributed by atoms with Crippen molar-refractivity contribution in [2.24, 2.45) is 0 Å². The van der Waals surface area contributed by atoms with Crippen LogP contribution in [0.2, 0.25) is 0 Å². The molecule has 0 saturated carbocycles. The molecule has 2 N–H and O–H groups in total. The Morgan fingerprint density at radius 1 is 0.903 bits per heavy atom. The molecule has 6 heteroatoms. The molecule has 1 atom stereocenters. The molecule has 1 heterocycles. The molecule has 0 aliphatic carbocycles. The molecule has 31 heavy (non-hydrogen) atoms. The van der Waals surface area contributed by atoms with Crippen LogP contribution >= 0.6 is 0 Å². The van der Waals surface area contributed by atoms with Crippen molar-refractivity contribution in [3.63, 3.8) is 0 Å². The van der Waals surface area contributed by atoms with Crippen LogP contribution in [-0.4, -0.2) is 55.5 Å². The SMILES string of the molecule is Cc1cccc(N2CCN([C@H](C)C(=O)NCC(=O)Nc3c(C)cccc3C)CC2)c1C. The minimum Gasteiger partial charge on any atom is -0.369 e. The number of nitrogens with zero attached hydrogens (tertiary/aromatic N) is 2. The monoisotopic (exact) mass is 422 g/mol. The molecule has 1 saturated heterocycles. The van der Waals surface area contributed by atoms with Gasteiger partial charge in [-0.1, -0.05) is 30.3 Å². The van der Waals surface area contributed by atoms with E-state index in [0.717, 1.165) is 43.0 Å². The summed E-state index contributed by atoms with van der Waals surface area (Å²) in [5.41, 5.74) is 6.73. The molecule has 1 aliphatic heterocycles. The lowest BCUT2D eigenvalue weighted by molar-refractivity contribution is -0.128. The van der Waals surface area contributed by atoms with Crippen LogP contribution in [0.4, 0.5) is 11.4 Å². The Balaban J connectivity index is 1.48. The zero-order valence-electron chi connectivity index (χ0n) is 19.3. The highest BCUT2D eigenvalue weighted by molar-refractivity contribution is 5.96. The maximum Gasteiger partial charge on any atom is 0.243 e. The lowest BCUT2D eigenvalue weighted by atomic mass is 10.1. The Labute approximate surface area is 185 Å². The summed E-state index contributed by atoms with van der Waals surface area (Å²) >= 11 is 0. The second-order valence-corrected chi connectivity index (χ2v) is 8.45. The standard InChI is InChI=1S/C25H34N4O2/c1-17-8-7-11-22(20(17)4)29-14-12-28(13-15-29)21(5)25(31)26-16-23(30)27-24-18(2)9-6-10-19(24)3/h6-11,21H,12-16H2,1-5H3,(H,26,31)(H,27,30)/t21-/m1/s1. The van der Waals surface area contributed by atoms with Crippen molar-refractivity contribution >= 4 is 23.2 Å². The number of rotatable bonds is 6. The van der Waals surface area contributed by atoms with E-state index in [1.54, 1.807) is 0 Å². The number of para-hydroxylation sites is 1. The van der Waals surface area contributed by atoms with Gasteiger partial charge in [-0.3, -0.25) is 14.5 Å². The number of carbonyl (C=O) groups is 2. The van der Waals surface area contributed by atoms with Gasteiger partial charge in [-0.15, -0.1) is 0 Å². The number of nitrogens with one attached hydrogen (secondary N) is 2. The Morgan fingerprint density at radius 3 is 2.13 bits per heavy atom. The Hall–Kier alpha value is -2.86. The number of amides is 2. The number of benzene rings is 2. The van der Waals surface area contributed by atoms with E-state index in [1.807, 2.05) is 39.0 Å². The van der Waals surface area contributed by atoms with Gasteiger partial charge in [0.2, 0.25) is 11.8 Å². The first-order chi connectivity index (χ1) is 14.8. The van der Waals surface area contributed by atoms with Crippen molar-refractivity contribution in [3.05, 3.63) is 58.7 Å². The molecule has 2 amide bonds. The average molecular weight is 423 g/mol. The second kappa shape index (κ2) is 9.96. The van der Waals surface area contributed by atoms with Crippen LogP contribution in [0.1, 0.15) is 29.2 Å². The van der Waals surface area contributed by atoms with E-state index in [0.29, 0.717) is 0 Å². The summed E-state index contributed by atoms with van der Waals surface area (Å²) in [6.45, 7) is 13.5. The first-order valence-electron chi connectivity index (χ1n) is 11.0. The molecule has 6 nitrogen and oxygen atoms in total.